The van der Waals surface area contributed by atoms with Gasteiger partial charge in [-0.2, -0.15) is 13.2 Å². The zero-order valence-electron chi connectivity index (χ0n) is 24.2. The van der Waals surface area contributed by atoms with Crippen molar-refractivity contribution in [2.45, 2.75) is 64.0 Å². The highest BCUT2D eigenvalue weighted by Crippen LogP contribution is 2.41. The first-order valence-electron chi connectivity index (χ1n) is 15.0. The molecule has 0 unspecified atom stereocenters. The summed E-state index contributed by atoms with van der Waals surface area (Å²) in [5.74, 6) is 0. The van der Waals surface area contributed by atoms with Crippen LogP contribution in [0.25, 0.3) is 32.9 Å². The number of alkyl halides is 3. The Morgan fingerprint density at radius 3 is 2.33 bits per heavy atom. The van der Waals surface area contributed by atoms with Gasteiger partial charge in [-0.1, -0.05) is 68.5 Å². The van der Waals surface area contributed by atoms with Crippen molar-refractivity contribution >= 4 is 38.9 Å². The molecular formula is C33H37F3N4O3. The summed E-state index contributed by atoms with van der Waals surface area (Å²) in [6, 6.07) is 18.0. The Labute approximate surface area is 249 Å². The van der Waals surface area contributed by atoms with E-state index in [1.807, 2.05) is 35.2 Å². The van der Waals surface area contributed by atoms with Crippen molar-refractivity contribution in [3.05, 3.63) is 70.3 Å². The summed E-state index contributed by atoms with van der Waals surface area (Å²) in [5, 5.41) is 13.8. The van der Waals surface area contributed by atoms with E-state index in [0.29, 0.717) is 43.9 Å². The molecule has 228 valence electrons. The van der Waals surface area contributed by atoms with Crippen LogP contribution in [0.3, 0.4) is 0 Å². The first-order chi connectivity index (χ1) is 20.7. The van der Waals surface area contributed by atoms with Crippen LogP contribution in [0.2, 0.25) is 0 Å². The molecule has 0 radical (unpaired) electrons. The van der Waals surface area contributed by atoms with E-state index in [9.17, 15) is 23.3 Å². The number of ether oxygens (including phenoxy) is 1. The molecule has 1 saturated heterocycles. The number of rotatable bonds is 12. The van der Waals surface area contributed by atoms with Gasteiger partial charge in [-0.3, -0.25) is 10.1 Å². The first kappa shape index (κ1) is 30.5. The van der Waals surface area contributed by atoms with Gasteiger partial charge in [0.15, 0.2) is 0 Å². The topological polar surface area (TPSA) is 94.5 Å². The minimum absolute atomic E-state index is 0.118. The fourth-order valence-corrected chi connectivity index (χ4v) is 5.96. The van der Waals surface area contributed by atoms with E-state index in [2.05, 4.69) is 18.2 Å². The smallest absolute Gasteiger partial charge is 0.389 e. The summed E-state index contributed by atoms with van der Waals surface area (Å²) in [6.07, 6.45) is 1.86. The van der Waals surface area contributed by atoms with Crippen LogP contribution < -0.4 is 10.6 Å². The second kappa shape index (κ2) is 13.6. The van der Waals surface area contributed by atoms with E-state index in [4.69, 9.17) is 15.5 Å². The standard InChI is InChI=1S/C33H37F3N4O3/c34-33(35,36)15-9-5-3-1-2-4-6-10-23-11-7-8-12-27(23)24-13-14-25-20-26-21-28(37)31(40(41)42)32(30(26)38-29(25)22-24)39-16-18-43-19-17-39/h7-8,11-14,20-22H,1-6,9-10,15-19,37H2. The summed E-state index contributed by atoms with van der Waals surface area (Å²) < 4.78 is 42.4. The SMILES string of the molecule is Nc1cc2cc3ccc(-c4ccccc4CCCCCCCCCC(F)(F)F)cc3nc2c(N2CCOCC2)c1[N+](=O)[O-]. The lowest BCUT2D eigenvalue weighted by atomic mass is 9.94. The van der Waals surface area contributed by atoms with Crippen LogP contribution in [-0.4, -0.2) is 42.4 Å². The van der Waals surface area contributed by atoms with Crippen molar-refractivity contribution in [2.24, 2.45) is 0 Å². The minimum atomic E-state index is -4.05. The number of halogens is 3. The molecule has 0 saturated carbocycles. The lowest BCUT2D eigenvalue weighted by Gasteiger charge is -2.29. The molecule has 43 heavy (non-hydrogen) atoms. The van der Waals surface area contributed by atoms with Crippen LogP contribution in [0.1, 0.15) is 56.9 Å². The monoisotopic (exact) mass is 594 g/mol. The summed E-state index contributed by atoms with van der Waals surface area (Å²) in [7, 11) is 0. The second-order valence-electron chi connectivity index (χ2n) is 11.2. The third kappa shape index (κ3) is 7.54. The van der Waals surface area contributed by atoms with Gasteiger partial charge in [0.1, 0.15) is 16.9 Å². The number of nitrogen functional groups attached to an aromatic ring is 1. The zero-order chi connectivity index (χ0) is 30.4. The number of anilines is 2. The molecule has 4 aromatic rings. The Morgan fingerprint density at radius 2 is 1.60 bits per heavy atom. The van der Waals surface area contributed by atoms with Gasteiger partial charge in [-0.05, 0) is 54.2 Å². The first-order valence-corrected chi connectivity index (χ1v) is 15.0. The van der Waals surface area contributed by atoms with E-state index < -0.39 is 17.5 Å². The van der Waals surface area contributed by atoms with Gasteiger partial charge >= 0.3 is 11.9 Å². The van der Waals surface area contributed by atoms with Crippen molar-refractivity contribution < 1.29 is 22.8 Å². The lowest BCUT2D eigenvalue weighted by molar-refractivity contribution is -0.383. The number of aryl methyl sites for hydroxylation is 1. The number of fused-ring (bicyclic) bond motifs is 2. The zero-order valence-corrected chi connectivity index (χ0v) is 24.2. The number of nitro benzene ring substituents is 1. The molecule has 3 aromatic carbocycles. The number of morpholine rings is 1. The summed E-state index contributed by atoms with van der Waals surface area (Å²) >= 11 is 0. The van der Waals surface area contributed by atoms with Gasteiger partial charge in [0, 0.05) is 30.3 Å². The largest absolute Gasteiger partial charge is 0.393 e. The van der Waals surface area contributed by atoms with Crippen molar-refractivity contribution in [2.75, 3.05) is 36.9 Å². The minimum Gasteiger partial charge on any atom is -0.393 e. The number of nitrogens with zero attached hydrogens (tertiary/aromatic N) is 3. The lowest BCUT2D eigenvalue weighted by Crippen LogP contribution is -2.37. The molecule has 2 N–H and O–H groups in total. The number of nitrogens with two attached hydrogens (primary N) is 1. The number of unbranched alkanes of at least 4 members (excludes halogenated alkanes) is 6. The summed E-state index contributed by atoms with van der Waals surface area (Å²) in [5.41, 5.74) is 11.3. The maximum atomic E-state index is 12.3. The average molecular weight is 595 g/mol. The van der Waals surface area contributed by atoms with E-state index in [1.54, 1.807) is 6.07 Å². The molecular weight excluding hydrogens is 557 g/mol. The third-order valence-electron chi connectivity index (χ3n) is 8.12. The Hall–Kier alpha value is -3.92. The maximum Gasteiger partial charge on any atom is 0.389 e. The van der Waals surface area contributed by atoms with Gasteiger partial charge in [0.2, 0.25) is 0 Å². The molecule has 1 fully saturated rings. The van der Waals surface area contributed by atoms with E-state index in [1.165, 1.54) is 5.56 Å². The third-order valence-corrected chi connectivity index (χ3v) is 8.12. The van der Waals surface area contributed by atoms with Crippen LogP contribution >= 0.6 is 0 Å². The highest BCUT2D eigenvalue weighted by Gasteiger charge is 2.29. The van der Waals surface area contributed by atoms with Gasteiger partial charge in [-0.15, -0.1) is 0 Å². The van der Waals surface area contributed by atoms with Crippen LogP contribution in [-0.2, 0) is 11.2 Å². The molecule has 0 bridgehead atoms. The Morgan fingerprint density at radius 1 is 0.907 bits per heavy atom. The van der Waals surface area contributed by atoms with Crippen LogP contribution in [0.4, 0.5) is 30.2 Å². The molecule has 0 spiro atoms. The normalized spacial score (nSPS) is 14.1. The number of nitro groups is 1. The number of hydrogen-bond acceptors (Lipinski definition) is 6. The van der Waals surface area contributed by atoms with Gasteiger partial charge in [0.25, 0.3) is 0 Å². The van der Waals surface area contributed by atoms with Gasteiger partial charge in [0.05, 0.1) is 23.7 Å². The average Bonchev–Trinajstić information content (AvgIpc) is 2.98. The molecule has 1 aliphatic heterocycles. The van der Waals surface area contributed by atoms with Crippen molar-refractivity contribution in [1.82, 2.24) is 4.98 Å². The Balaban J connectivity index is 1.35. The molecule has 0 atom stereocenters. The Kier molecular flexibility index (Phi) is 9.65. The molecule has 2 heterocycles. The second-order valence-corrected chi connectivity index (χ2v) is 11.2. The number of benzene rings is 3. The fraction of sp³-hybridized carbons (Fsp3) is 0.424. The molecule has 1 aliphatic rings. The predicted octanol–water partition coefficient (Wildman–Crippen LogP) is 8.61. The number of aromatic nitrogens is 1. The predicted molar refractivity (Wildman–Crippen MR) is 165 cm³/mol. The molecule has 5 rings (SSSR count). The van der Waals surface area contributed by atoms with Crippen molar-refractivity contribution in [1.29, 1.82) is 0 Å². The van der Waals surface area contributed by atoms with Crippen molar-refractivity contribution in [3.63, 3.8) is 0 Å². The number of hydrogen-bond donors (Lipinski definition) is 1. The summed E-state index contributed by atoms with van der Waals surface area (Å²) in [6.45, 7) is 1.99. The van der Waals surface area contributed by atoms with Crippen LogP contribution in [0.5, 0.6) is 0 Å². The van der Waals surface area contributed by atoms with E-state index >= 15 is 0 Å². The van der Waals surface area contributed by atoms with E-state index in [-0.39, 0.29) is 17.8 Å². The van der Waals surface area contributed by atoms with Crippen molar-refractivity contribution in [3.8, 4) is 11.1 Å². The molecule has 7 nitrogen and oxygen atoms in total. The molecule has 0 amide bonds. The quantitative estimate of drug-likeness (QED) is 0.0580. The summed E-state index contributed by atoms with van der Waals surface area (Å²) in [4.78, 5) is 18.6. The molecule has 1 aromatic heterocycles. The Bertz CT molecular complexity index is 1590. The number of pyridine rings is 1. The fourth-order valence-electron chi connectivity index (χ4n) is 5.96. The molecule has 0 aliphatic carbocycles. The van der Waals surface area contributed by atoms with Gasteiger partial charge < -0.3 is 15.4 Å². The maximum absolute atomic E-state index is 12.3. The van der Waals surface area contributed by atoms with Crippen LogP contribution in [0.15, 0.2) is 54.6 Å². The van der Waals surface area contributed by atoms with Gasteiger partial charge in [-0.25, -0.2) is 4.98 Å². The highest BCUT2D eigenvalue weighted by atomic mass is 19.4. The van der Waals surface area contributed by atoms with E-state index in [0.717, 1.165) is 65.9 Å². The molecule has 10 heteroatoms. The van der Waals surface area contributed by atoms with Crippen LogP contribution in [0, 0.1) is 10.1 Å². The highest BCUT2D eigenvalue weighted by molar-refractivity contribution is 6.05.